The fourth-order valence-electron chi connectivity index (χ4n) is 2.85. The number of aromatic nitrogens is 2. The summed E-state index contributed by atoms with van der Waals surface area (Å²) in [5, 5.41) is 9.49. The molecule has 3 rings (SSSR count). The zero-order valence-corrected chi connectivity index (χ0v) is 15.6. The minimum atomic E-state index is -3.75. The van der Waals surface area contributed by atoms with Crippen LogP contribution in [-0.4, -0.2) is 18.2 Å². The molecule has 0 aliphatic rings. The highest BCUT2D eigenvalue weighted by atomic mass is 32.2. The first-order chi connectivity index (χ1) is 12.1. The molecule has 0 fully saturated rings. The van der Waals surface area contributed by atoms with E-state index in [0.717, 1.165) is 16.8 Å². The van der Waals surface area contributed by atoms with Gasteiger partial charge in [0.2, 0.25) is 10.0 Å². The lowest BCUT2D eigenvalue weighted by molar-refractivity contribution is 0.573. The van der Waals surface area contributed by atoms with Crippen molar-refractivity contribution in [2.24, 2.45) is 5.14 Å². The molecule has 0 saturated carbocycles. The Bertz CT molecular complexity index is 1050. The van der Waals surface area contributed by atoms with E-state index in [4.69, 9.17) is 5.14 Å². The second-order valence-electron chi connectivity index (χ2n) is 7.11. The molecule has 0 atom stereocenters. The topological polar surface area (TPSA) is 78.0 Å². The molecule has 1 aromatic heterocycles. The number of benzene rings is 2. The van der Waals surface area contributed by atoms with E-state index in [-0.39, 0.29) is 16.1 Å². The van der Waals surface area contributed by atoms with Gasteiger partial charge in [0.05, 0.1) is 22.5 Å². The first kappa shape index (κ1) is 18.3. The third-order valence-electron chi connectivity index (χ3n) is 4.12. The Hall–Kier alpha value is -2.51. The van der Waals surface area contributed by atoms with Crippen molar-refractivity contribution in [1.29, 1.82) is 0 Å². The van der Waals surface area contributed by atoms with E-state index >= 15 is 0 Å². The van der Waals surface area contributed by atoms with Crippen molar-refractivity contribution in [3.8, 4) is 16.9 Å². The van der Waals surface area contributed by atoms with Crippen LogP contribution in [0.4, 0.5) is 4.39 Å². The number of rotatable bonds is 3. The highest BCUT2D eigenvalue weighted by Gasteiger charge is 2.22. The van der Waals surface area contributed by atoms with Gasteiger partial charge in [-0.2, -0.15) is 5.10 Å². The summed E-state index contributed by atoms with van der Waals surface area (Å²) in [5.74, 6) is -0.290. The number of hydrogen-bond acceptors (Lipinski definition) is 3. The third-order valence-corrected chi connectivity index (χ3v) is 5.05. The van der Waals surface area contributed by atoms with Gasteiger partial charge in [0, 0.05) is 5.56 Å². The van der Waals surface area contributed by atoms with Crippen LogP contribution in [0.1, 0.15) is 26.3 Å². The second kappa shape index (κ2) is 6.34. The van der Waals surface area contributed by atoms with Crippen LogP contribution in [0, 0.1) is 5.82 Å². The van der Waals surface area contributed by atoms with Gasteiger partial charge in [-0.1, -0.05) is 20.8 Å². The van der Waals surface area contributed by atoms with Crippen molar-refractivity contribution < 1.29 is 12.8 Å². The summed E-state index contributed by atoms with van der Waals surface area (Å²) in [6.45, 7) is 6.06. The van der Waals surface area contributed by atoms with Crippen LogP contribution in [0.15, 0.2) is 59.6 Å². The molecule has 5 nitrogen and oxygen atoms in total. The Morgan fingerprint density at radius 1 is 1.04 bits per heavy atom. The summed E-state index contributed by atoms with van der Waals surface area (Å²) >= 11 is 0. The molecule has 0 saturated heterocycles. The quantitative estimate of drug-likeness (QED) is 0.762. The molecule has 0 radical (unpaired) electrons. The van der Waals surface area contributed by atoms with Gasteiger partial charge in [0.1, 0.15) is 5.82 Å². The molecule has 0 aliphatic heterocycles. The number of nitrogens with two attached hydrogens (primary N) is 1. The minimum absolute atomic E-state index is 0.0344. The first-order valence-corrected chi connectivity index (χ1v) is 9.60. The van der Waals surface area contributed by atoms with Gasteiger partial charge in [-0.05, 0) is 59.5 Å². The van der Waals surface area contributed by atoms with Gasteiger partial charge in [0.15, 0.2) is 0 Å². The van der Waals surface area contributed by atoms with E-state index in [1.54, 1.807) is 29.1 Å². The monoisotopic (exact) mass is 373 g/mol. The van der Waals surface area contributed by atoms with E-state index < -0.39 is 10.0 Å². The summed E-state index contributed by atoms with van der Waals surface area (Å²) in [7, 11) is -3.75. The molecular formula is C19H20FN3O2S. The van der Waals surface area contributed by atoms with E-state index in [9.17, 15) is 12.8 Å². The molecule has 0 aliphatic carbocycles. The van der Waals surface area contributed by atoms with E-state index in [1.807, 2.05) is 26.8 Å². The lowest BCUT2D eigenvalue weighted by atomic mass is 9.83. The van der Waals surface area contributed by atoms with Crippen LogP contribution in [-0.2, 0) is 15.4 Å². The molecule has 2 aromatic carbocycles. The van der Waals surface area contributed by atoms with Crippen LogP contribution in [0.5, 0.6) is 0 Å². The highest BCUT2D eigenvalue weighted by molar-refractivity contribution is 7.89. The normalized spacial score (nSPS) is 12.3. The van der Waals surface area contributed by atoms with Crippen molar-refractivity contribution in [2.75, 3.05) is 0 Å². The molecule has 26 heavy (non-hydrogen) atoms. The van der Waals surface area contributed by atoms with Gasteiger partial charge in [0.25, 0.3) is 0 Å². The van der Waals surface area contributed by atoms with Gasteiger partial charge in [-0.15, -0.1) is 0 Å². The summed E-state index contributed by atoms with van der Waals surface area (Å²) in [5.41, 5.74) is 2.94. The van der Waals surface area contributed by atoms with Crippen LogP contribution in [0.2, 0.25) is 0 Å². The van der Waals surface area contributed by atoms with Crippen LogP contribution in [0.25, 0.3) is 16.9 Å². The predicted molar refractivity (Wildman–Crippen MR) is 99.0 cm³/mol. The molecule has 2 N–H and O–H groups in total. The molecule has 1 heterocycles. The Kier molecular flexibility index (Phi) is 4.46. The fraction of sp³-hybridized carbons (Fsp3) is 0.211. The predicted octanol–water partition coefficient (Wildman–Crippen LogP) is 3.62. The van der Waals surface area contributed by atoms with Crippen LogP contribution in [0.3, 0.4) is 0 Å². The van der Waals surface area contributed by atoms with Crippen LogP contribution >= 0.6 is 0 Å². The second-order valence-corrected chi connectivity index (χ2v) is 8.67. The van der Waals surface area contributed by atoms with Crippen molar-refractivity contribution in [2.45, 2.75) is 31.1 Å². The van der Waals surface area contributed by atoms with E-state index in [0.29, 0.717) is 5.69 Å². The lowest BCUT2D eigenvalue weighted by Crippen LogP contribution is -2.14. The average Bonchev–Trinajstić information content (AvgIpc) is 3.02. The molecule has 0 unspecified atom stereocenters. The third kappa shape index (κ3) is 3.54. The molecule has 3 aromatic rings. The number of nitrogens with zero attached hydrogens (tertiary/aromatic N) is 2. The number of primary sulfonamides is 1. The molecule has 0 amide bonds. The largest absolute Gasteiger partial charge is 0.238 e. The Balaban J connectivity index is 2.14. The molecule has 0 spiro atoms. The van der Waals surface area contributed by atoms with E-state index in [1.165, 1.54) is 24.3 Å². The summed E-state index contributed by atoms with van der Waals surface area (Å²) in [6.07, 6.45) is 1.65. The van der Waals surface area contributed by atoms with Gasteiger partial charge >= 0.3 is 0 Å². The van der Waals surface area contributed by atoms with Crippen molar-refractivity contribution >= 4 is 10.0 Å². The number of halogens is 1. The van der Waals surface area contributed by atoms with Gasteiger partial charge in [-0.3, -0.25) is 0 Å². The zero-order chi connectivity index (χ0) is 19.1. The van der Waals surface area contributed by atoms with Crippen molar-refractivity contribution in [3.63, 3.8) is 0 Å². The van der Waals surface area contributed by atoms with Crippen LogP contribution < -0.4 is 5.14 Å². The van der Waals surface area contributed by atoms with Gasteiger partial charge in [-0.25, -0.2) is 22.6 Å². The van der Waals surface area contributed by atoms with Crippen molar-refractivity contribution in [3.05, 3.63) is 66.1 Å². The molecule has 136 valence electrons. The zero-order valence-electron chi connectivity index (χ0n) is 14.8. The first-order valence-electron chi connectivity index (χ1n) is 8.05. The maximum Gasteiger partial charge on any atom is 0.238 e. The van der Waals surface area contributed by atoms with E-state index in [2.05, 4.69) is 5.10 Å². The molecular weight excluding hydrogens is 353 g/mol. The average molecular weight is 373 g/mol. The SMILES string of the molecule is CC(C)(C)c1cc(F)ccc1-c1ccnn1-c1ccc(S(N)(=O)=O)cc1. The summed E-state index contributed by atoms with van der Waals surface area (Å²) < 4.78 is 38.3. The molecule has 7 heteroatoms. The summed E-state index contributed by atoms with van der Waals surface area (Å²) in [6, 6.07) is 12.7. The Morgan fingerprint density at radius 2 is 1.69 bits per heavy atom. The maximum absolute atomic E-state index is 13.8. The molecule has 0 bridgehead atoms. The minimum Gasteiger partial charge on any atom is -0.233 e. The number of hydrogen-bond donors (Lipinski definition) is 1. The fourth-order valence-corrected chi connectivity index (χ4v) is 3.37. The summed E-state index contributed by atoms with van der Waals surface area (Å²) in [4.78, 5) is 0.0344. The maximum atomic E-state index is 13.8. The Morgan fingerprint density at radius 3 is 2.27 bits per heavy atom. The standard InChI is InChI=1S/C19H20FN3O2S/c1-19(2,3)17-12-13(20)4-9-16(17)18-10-11-22-23(18)14-5-7-15(8-6-14)26(21,24)25/h4-12H,1-3H3,(H2,21,24,25). The smallest absolute Gasteiger partial charge is 0.233 e. The van der Waals surface area contributed by atoms with Crippen molar-refractivity contribution in [1.82, 2.24) is 9.78 Å². The Labute approximate surface area is 152 Å². The number of sulfonamides is 1. The van der Waals surface area contributed by atoms with Gasteiger partial charge < -0.3 is 0 Å². The lowest BCUT2D eigenvalue weighted by Gasteiger charge is -2.23. The highest BCUT2D eigenvalue weighted by Crippen LogP contribution is 2.34.